The van der Waals surface area contributed by atoms with Gasteiger partial charge < -0.3 is 9.47 Å². The predicted molar refractivity (Wildman–Crippen MR) is 116 cm³/mol. The highest BCUT2D eigenvalue weighted by Gasteiger charge is 2.01. The average Bonchev–Trinajstić information content (AvgIpc) is 2.69. The lowest BCUT2D eigenvalue weighted by molar-refractivity contribution is -0.140. The van der Waals surface area contributed by atoms with E-state index >= 15 is 0 Å². The predicted octanol–water partition coefficient (Wildman–Crippen LogP) is 6.91. The van der Waals surface area contributed by atoms with Gasteiger partial charge in [0.25, 0.3) is 0 Å². The first kappa shape index (κ1) is 26.7. The molecule has 164 valence electrons. The summed E-state index contributed by atoms with van der Waals surface area (Å²) < 4.78 is 10.2. The minimum absolute atomic E-state index is 0.417. The Labute approximate surface area is 173 Å². The zero-order valence-electron chi connectivity index (χ0n) is 18.5. The first-order valence-electron chi connectivity index (χ1n) is 11.7. The number of hydrogen-bond acceptors (Lipinski definition) is 4. The molecule has 0 aromatic rings. The summed E-state index contributed by atoms with van der Waals surface area (Å²) in [5.74, 6) is -0.936. The Morgan fingerprint density at radius 2 is 0.786 bits per heavy atom. The highest BCUT2D eigenvalue weighted by atomic mass is 16.5. The van der Waals surface area contributed by atoms with E-state index in [9.17, 15) is 9.59 Å². The summed E-state index contributed by atoms with van der Waals surface area (Å²) in [5.41, 5.74) is 0. The van der Waals surface area contributed by atoms with Crippen molar-refractivity contribution in [3.05, 3.63) is 12.2 Å². The lowest BCUT2D eigenvalue weighted by atomic mass is 10.1. The maximum absolute atomic E-state index is 11.6. The van der Waals surface area contributed by atoms with E-state index in [1.54, 1.807) is 0 Å². The van der Waals surface area contributed by atoms with E-state index in [1.807, 2.05) is 0 Å². The normalized spacial score (nSPS) is 11.1. The molecule has 0 aliphatic carbocycles. The van der Waals surface area contributed by atoms with E-state index in [1.165, 1.54) is 77.0 Å². The third kappa shape index (κ3) is 21.0. The first-order chi connectivity index (χ1) is 13.7. The van der Waals surface area contributed by atoms with Gasteiger partial charge in [0, 0.05) is 12.2 Å². The standard InChI is InChI=1S/C24H44O4/c1-3-5-7-9-10-11-12-13-14-16-18-22-28-24(26)20-19-23(25)27-21-17-15-8-6-4-2/h19-20H,3-18,21-22H2,1-2H3/b20-19+. The second-order valence-electron chi connectivity index (χ2n) is 7.62. The van der Waals surface area contributed by atoms with E-state index in [2.05, 4.69) is 13.8 Å². The topological polar surface area (TPSA) is 52.6 Å². The quantitative estimate of drug-likeness (QED) is 0.127. The number of unbranched alkanes of at least 4 members (excludes halogenated alkanes) is 14. The van der Waals surface area contributed by atoms with Crippen LogP contribution in [-0.2, 0) is 19.1 Å². The highest BCUT2D eigenvalue weighted by molar-refractivity contribution is 5.91. The molecule has 0 N–H and O–H groups in total. The van der Waals surface area contributed by atoms with Crippen molar-refractivity contribution in [2.45, 2.75) is 117 Å². The fraction of sp³-hybridized carbons (Fsp3) is 0.833. The number of carbonyl (C=O) groups excluding carboxylic acids is 2. The Kier molecular flexibility index (Phi) is 20.9. The third-order valence-corrected chi connectivity index (χ3v) is 4.84. The minimum atomic E-state index is -0.470. The summed E-state index contributed by atoms with van der Waals surface area (Å²) in [6.07, 6.45) is 21.8. The maximum Gasteiger partial charge on any atom is 0.331 e. The summed E-state index contributed by atoms with van der Waals surface area (Å²) in [6, 6.07) is 0. The molecule has 0 aromatic heterocycles. The smallest absolute Gasteiger partial charge is 0.331 e. The molecule has 0 saturated heterocycles. The summed E-state index contributed by atoms with van der Waals surface area (Å²) in [4.78, 5) is 23.1. The molecule has 0 aromatic carbocycles. The van der Waals surface area contributed by atoms with Crippen molar-refractivity contribution in [3.8, 4) is 0 Å². The Morgan fingerprint density at radius 1 is 0.500 bits per heavy atom. The van der Waals surface area contributed by atoms with Crippen LogP contribution in [0.15, 0.2) is 12.2 Å². The van der Waals surface area contributed by atoms with Gasteiger partial charge in [-0.15, -0.1) is 0 Å². The third-order valence-electron chi connectivity index (χ3n) is 4.84. The molecule has 0 spiro atoms. The Bertz CT molecular complexity index is 390. The van der Waals surface area contributed by atoms with Crippen LogP contribution in [0.5, 0.6) is 0 Å². The molecule has 0 bridgehead atoms. The van der Waals surface area contributed by atoms with Crippen LogP contribution in [0.1, 0.15) is 117 Å². The van der Waals surface area contributed by atoms with Crippen LogP contribution < -0.4 is 0 Å². The summed E-state index contributed by atoms with van der Waals surface area (Å²) in [6.45, 7) is 5.26. The van der Waals surface area contributed by atoms with Crippen LogP contribution in [0.4, 0.5) is 0 Å². The molecule has 0 radical (unpaired) electrons. The van der Waals surface area contributed by atoms with Crippen LogP contribution in [0.3, 0.4) is 0 Å². The number of rotatable bonds is 20. The van der Waals surface area contributed by atoms with E-state index in [-0.39, 0.29) is 0 Å². The van der Waals surface area contributed by atoms with Crippen molar-refractivity contribution in [1.29, 1.82) is 0 Å². The Morgan fingerprint density at radius 3 is 1.11 bits per heavy atom. The van der Waals surface area contributed by atoms with Gasteiger partial charge in [0.05, 0.1) is 13.2 Å². The Balaban J connectivity index is 3.39. The summed E-state index contributed by atoms with van der Waals surface area (Å²) in [7, 11) is 0. The second kappa shape index (κ2) is 22.0. The van der Waals surface area contributed by atoms with Gasteiger partial charge in [0.15, 0.2) is 0 Å². The molecule has 0 atom stereocenters. The molecule has 4 heteroatoms. The van der Waals surface area contributed by atoms with Gasteiger partial charge in [-0.2, -0.15) is 0 Å². The molecule has 0 heterocycles. The van der Waals surface area contributed by atoms with Crippen molar-refractivity contribution < 1.29 is 19.1 Å². The number of esters is 2. The molecule has 0 aliphatic heterocycles. The zero-order valence-corrected chi connectivity index (χ0v) is 18.5. The maximum atomic E-state index is 11.6. The van der Waals surface area contributed by atoms with Crippen molar-refractivity contribution in [3.63, 3.8) is 0 Å². The lowest BCUT2D eigenvalue weighted by Gasteiger charge is -2.04. The van der Waals surface area contributed by atoms with E-state index in [4.69, 9.17) is 9.47 Å². The minimum Gasteiger partial charge on any atom is -0.463 e. The number of hydrogen-bond donors (Lipinski definition) is 0. The summed E-state index contributed by atoms with van der Waals surface area (Å²) >= 11 is 0. The summed E-state index contributed by atoms with van der Waals surface area (Å²) in [5, 5.41) is 0. The van der Waals surface area contributed by atoms with E-state index in [0.29, 0.717) is 13.2 Å². The Hall–Kier alpha value is -1.32. The monoisotopic (exact) mass is 396 g/mol. The molecule has 0 saturated carbocycles. The van der Waals surface area contributed by atoms with Crippen molar-refractivity contribution in [1.82, 2.24) is 0 Å². The molecule has 0 aliphatic rings. The molecule has 4 nitrogen and oxygen atoms in total. The van der Waals surface area contributed by atoms with Crippen LogP contribution in [-0.4, -0.2) is 25.2 Å². The van der Waals surface area contributed by atoms with E-state index < -0.39 is 11.9 Å². The second-order valence-corrected chi connectivity index (χ2v) is 7.62. The van der Waals surface area contributed by atoms with Gasteiger partial charge in [-0.25, -0.2) is 9.59 Å². The molecule has 0 amide bonds. The van der Waals surface area contributed by atoms with Crippen LogP contribution in [0.25, 0.3) is 0 Å². The number of carbonyl (C=O) groups is 2. The molecule has 0 unspecified atom stereocenters. The van der Waals surface area contributed by atoms with Crippen LogP contribution >= 0.6 is 0 Å². The zero-order chi connectivity index (χ0) is 20.7. The van der Waals surface area contributed by atoms with Crippen LogP contribution in [0.2, 0.25) is 0 Å². The van der Waals surface area contributed by atoms with Crippen molar-refractivity contribution in [2.24, 2.45) is 0 Å². The van der Waals surface area contributed by atoms with E-state index in [0.717, 1.165) is 37.8 Å². The molecule has 28 heavy (non-hydrogen) atoms. The van der Waals surface area contributed by atoms with Crippen molar-refractivity contribution >= 4 is 11.9 Å². The fourth-order valence-corrected chi connectivity index (χ4v) is 3.05. The van der Waals surface area contributed by atoms with Gasteiger partial charge in [-0.3, -0.25) is 0 Å². The fourth-order valence-electron chi connectivity index (χ4n) is 3.05. The van der Waals surface area contributed by atoms with Gasteiger partial charge in [-0.1, -0.05) is 104 Å². The average molecular weight is 397 g/mol. The SMILES string of the molecule is CCCCCCCCCCCCCOC(=O)/C=C/C(=O)OCCCCCCC. The van der Waals surface area contributed by atoms with Gasteiger partial charge in [0.2, 0.25) is 0 Å². The number of ether oxygens (including phenoxy) is 2. The largest absolute Gasteiger partial charge is 0.463 e. The molecule has 0 fully saturated rings. The van der Waals surface area contributed by atoms with Crippen LogP contribution in [0, 0.1) is 0 Å². The van der Waals surface area contributed by atoms with Crippen molar-refractivity contribution in [2.75, 3.05) is 13.2 Å². The lowest BCUT2D eigenvalue weighted by Crippen LogP contribution is -2.06. The molecular weight excluding hydrogens is 352 g/mol. The first-order valence-corrected chi connectivity index (χ1v) is 11.7. The molecular formula is C24H44O4. The van der Waals surface area contributed by atoms with Gasteiger partial charge in [0.1, 0.15) is 0 Å². The van der Waals surface area contributed by atoms with Gasteiger partial charge >= 0.3 is 11.9 Å². The van der Waals surface area contributed by atoms with Gasteiger partial charge in [-0.05, 0) is 12.8 Å². The highest BCUT2D eigenvalue weighted by Crippen LogP contribution is 2.11. The molecule has 0 rings (SSSR count).